The van der Waals surface area contributed by atoms with Gasteiger partial charge in [-0.05, 0) is 19.3 Å². The molecule has 0 aromatic heterocycles. The Morgan fingerprint density at radius 1 is 1.55 bits per heavy atom. The highest BCUT2D eigenvalue weighted by molar-refractivity contribution is 5.73. The van der Waals surface area contributed by atoms with Crippen LogP contribution in [0.2, 0.25) is 0 Å². The Hall–Kier alpha value is -0.770. The van der Waals surface area contributed by atoms with Crippen LogP contribution in [-0.4, -0.2) is 30.3 Å². The van der Waals surface area contributed by atoms with Gasteiger partial charge in [0.15, 0.2) is 0 Å². The zero-order chi connectivity index (χ0) is 7.68. The Morgan fingerprint density at radius 3 is 2.91 bits per heavy atom. The van der Waals surface area contributed by atoms with E-state index in [0.29, 0.717) is 12.6 Å². The van der Waals surface area contributed by atoms with Gasteiger partial charge in [0, 0.05) is 6.04 Å². The first-order chi connectivity index (χ1) is 5.36. The molecule has 0 radical (unpaired) electrons. The van der Waals surface area contributed by atoms with Gasteiger partial charge in [-0.3, -0.25) is 4.84 Å². The van der Waals surface area contributed by atoms with Crippen molar-refractivity contribution >= 4 is 6.03 Å². The second-order valence-electron chi connectivity index (χ2n) is 3.01. The highest BCUT2D eigenvalue weighted by Gasteiger charge is 2.27. The molecule has 1 saturated heterocycles. The van der Waals surface area contributed by atoms with Crippen LogP contribution in [0.3, 0.4) is 0 Å². The number of carbonyl (C=O) groups excluding carboxylic acids is 1. The molecular formula is C7H12N2O2. The van der Waals surface area contributed by atoms with Crippen LogP contribution in [0.15, 0.2) is 0 Å². The van der Waals surface area contributed by atoms with Crippen molar-refractivity contribution in [3.05, 3.63) is 0 Å². The van der Waals surface area contributed by atoms with Crippen molar-refractivity contribution in [2.24, 2.45) is 0 Å². The average molecular weight is 156 g/mol. The van der Waals surface area contributed by atoms with Crippen molar-refractivity contribution in [2.45, 2.75) is 25.3 Å². The maximum atomic E-state index is 11.2. The fraction of sp³-hybridized carbons (Fsp3) is 0.857. The molecule has 4 heteroatoms. The van der Waals surface area contributed by atoms with E-state index in [1.807, 2.05) is 0 Å². The van der Waals surface area contributed by atoms with Gasteiger partial charge in [0.2, 0.25) is 0 Å². The van der Waals surface area contributed by atoms with Gasteiger partial charge in [0.1, 0.15) is 0 Å². The SMILES string of the molecule is O=C(NC1CC1)N1CCCO1. The molecule has 2 rings (SSSR count). The van der Waals surface area contributed by atoms with Gasteiger partial charge >= 0.3 is 6.03 Å². The third kappa shape index (κ3) is 1.63. The van der Waals surface area contributed by atoms with Crippen molar-refractivity contribution < 1.29 is 9.63 Å². The number of nitrogens with one attached hydrogen (secondary N) is 1. The fourth-order valence-corrected chi connectivity index (χ4v) is 1.08. The molecule has 1 heterocycles. The molecule has 1 saturated carbocycles. The zero-order valence-corrected chi connectivity index (χ0v) is 6.38. The van der Waals surface area contributed by atoms with Crippen molar-refractivity contribution in [2.75, 3.05) is 13.2 Å². The summed E-state index contributed by atoms with van der Waals surface area (Å²) in [5, 5.41) is 4.27. The number of nitrogens with zero attached hydrogens (tertiary/aromatic N) is 1. The molecule has 2 fully saturated rings. The second kappa shape index (κ2) is 2.70. The lowest BCUT2D eigenvalue weighted by Crippen LogP contribution is -2.38. The Kier molecular flexibility index (Phi) is 1.69. The Bertz CT molecular complexity index is 162. The summed E-state index contributed by atoms with van der Waals surface area (Å²) < 4.78 is 0. The lowest BCUT2D eigenvalue weighted by molar-refractivity contribution is -0.0663. The van der Waals surface area contributed by atoms with Crippen LogP contribution in [0.5, 0.6) is 0 Å². The van der Waals surface area contributed by atoms with Crippen LogP contribution in [-0.2, 0) is 4.84 Å². The molecule has 1 aliphatic heterocycles. The van der Waals surface area contributed by atoms with Gasteiger partial charge in [0.25, 0.3) is 0 Å². The van der Waals surface area contributed by atoms with Crippen LogP contribution in [0.25, 0.3) is 0 Å². The Balaban J connectivity index is 1.77. The average Bonchev–Trinajstić information content (AvgIpc) is 2.67. The minimum atomic E-state index is -0.0648. The molecule has 0 aromatic carbocycles. The van der Waals surface area contributed by atoms with Gasteiger partial charge < -0.3 is 5.32 Å². The number of hydrogen-bond donors (Lipinski definition) is 1. The molecule has 2 amide bonds. The third-order valence-electron chi connectivity index (χ3n) is 1.88. The van der Waals surface area contributed by atoms with E-state index in [9.17, 15) is 4.79 Å². The second-order valence-corrected chi connectivity index (χ2v) is 3.01. The molecule has 0 unspecified atom stereocenters. The predicted octanol–water partition coefficient (Wildman–Crippen LogP) is 0.496. The number of carbonyl (C=O) groups is 1. The molecule has 0 spiro atoms. The number of urea groups is 1. The maximum absolute atomic E-state index is 11.2. The maximum Gasteiger partial charge on any atom is 0.341 e. The summed E-state index contributed by atoms with van der Waals surface area (Å²) in [5.74, 6) is 0. The predicted molar refractivity (Wildman–Crippen MR) is 38.8 cm³/mol. The monoisotopic (exact) mass is 156 g/mol. The van der Waals surface area contributed by atoms with Crippen LogP contribution in [0, 0.1) is 0 Å². The van der Waals surface area contributed by atoms with Crippen molar-refractivity contribution in [3.63, 3.8) is 0 Å². The van der Waals surface area contributed by atoms with Crippen molar-refractivity contribution in [1.29, 1.82) is 0 Å². The molecule has 0 bridgehead atoms. The number of amides is 2. The fourth-order valence-electron chi connectivity index (χ4n) is 1.08. The lowest BCUT2D eigenvalue weighted by Gasteiger charge is -2.13. The van der Waals surface area contributed by atoms with Gasteiger partial charge in [-0.2, -0.15) is 0 Å². The molecule has 0 atom stereocenters. The van der Waals surface area contributed by atoms with E-state index in [4.69, 9.17) is 4.84 Å². The number of hydroxylamine groups is 2. The molecule has 0 aromatic rings. The van der Waals surface area contributed by atoms with E-state index in [1.54, 1.807) is 0 Å². The van der Waals surface area contributed by atoms with E-state index in [1.165, 1.54) is 5.06 Å². The van der Waals surface area contributed by atoms with E-state index in [0.717, 1.165) is 25.8 Å². The van der Waals surface area contributed by atoms with Crippen molar-refractivity contribution in [3.8, 4) is 0 Å². The van der Waals surface area contributed by atoms with Crippen LogP contribution >= 0.6 is 0 Å². The molecule has 1 N–H and O–H groups in total. The van der Waals surface area contributed by atoms with E-state index in [-0.39, 0.29) is 6.03 Å². The molecule has 62 valence electrons. The van der Waals surface area contributed by atoms with E-state index >= 15 is 0 Å². The number of hydrogen-bond acceptors (Lipinski definition) is 2. The van der Waals surface area contributed by atoms with Crippen LogP contribution in [0.1, 0.15) is 19.3 Å². The summed E-state index contributed by atoms with van der Waals surface area (Å²) in [6.45, 7) is 1.41. The topological polar surface area (TPSA) is 41.6 Å². The van der Waals surface area contributed by atoms with Crippen molar-refractivity contribution in [1.82, 2.24) is 10.4 Å². The lowest BCUT2D eigenvalue weighted by atomic mass is 10.5. The van der Waals surface area contributed by atoms with E-state index in [2.05, 4.69) is 5.32 Å². The van der Waals surface area contributed by atoms with Crippen LogP contribution in [0.4, 0.5) is 4.79 Å². The minimum Gasteiger partial charge on any atom is -0.333 e. The highest BCUT2D eigenvalue weighted by Crippen LogP contribution is 2.19. The largest absolute Gasteiger partial charge is 0.341 e. The summed E-state index contributed by atoms with van der Waals surface area (Å²) in [5.41, 5.74) is 0. The summed E-state index contributed by atoms with van der Waals surface area (Å²) >= 11 is 0. The summed E-state index contributed by atoms with van der Waals surface area (Å²) in [6, 6.07) is 0.358. The molecule has 1 aliphatic carbocycles. The summed E-state index contributed by atoms with van der Waals surface area (Å²) in [4.78, 5) is 16.3. The standard InChI is InChI=1S/C7H12N2O2/c10-7(8-6-2-3-6)9-4-1-5-11-9/h6H,1-5H2,(H,8,10). The normalized spacial score (nSPS) is 23.8. The third-order valence-corrected chi connectivity index (χ3v) is 1.88. The van der Waals surface area contributed by atoms with Gasteiger partial charge in [-0.15, -0.1) is 0 Å². The quantitative estimate of drug-likeness (QED) is 0.600. The summed E-state index contributed by atoms with van der Waals surface area (Å²) in [7, 11) is 0. The zero-order valence-electron chi connectivity index (χ0n) is 6.38. The Morgan fingerprint density at radius 2 is 2.36 bits per heavy atom. The first-order valence-corrected chi connectivity index (χ1v) is 4.07. The van der Waals surface area contributed by atoms with Gasteiger partial charge in [0.05, 0.1) is 13.2 Å². The number of rotatable bonds is 1. The highest BCUT2D eigenvalue weighted by atomic mass is 16.7. The minimum absolute atomic E-state index is 0.0648. The molecular weight excluding hydrogens is 144 g/mol. The molecule has 2 aliphatic rings. The summed E-state index contributed by atoms with van der Waals surface area (Å²) in [6.07, 6.45) is 3.21. The Labute approximate surface area is 65.5 Å². The van der Waals surface area contributed by atoms with Gasteiger partial charge in [-0.25, -0.2) is 9.86 Å². The van der Waals surface area contributed by atoms with E-state index < -0.39 is 0 Å². The smallest absolute Gasteiger partial charge is 0.333 e. The first-order valence-electron chi connectivity index (χ1n) is 4.07. The van der Waals surface area contributed by atoms with Crippen LogP contribution < -0.4 is 5.32 Å². The molecule has 4 nitrogen and oxygen atoms in total. The molecule has 11 heavy (non-hydrogen) atoms. The van der Waals surface area contributed by atoms with Gasteiger partial charge in [-0.1, -0.05) is 0 Å². The first kappa shape index (κ1) is 6.91.